The largest absolute Gasteiger partial charge is 0.497 e. The van der Waals surface area contributed by atoms with Gasteiger partial charge in [-0.05, 0) is 75.8 Å². The van der Waals surface area contributed by atoms with Crippen LogP contribution in [0.25, 0.3) is 21.8 Å². The van der Waals surface area contributed by atoms with Crippen LogP contribution in [-0.2, 0) is 0 Å². The Labute approximate surface area is 172 Å². The van der Waals surface area contributed by atoms with Gasteiger partial charge in [-0.25, -0.2) is 4.98 Å². The molecule has 150 valence electrons. The molecule has 0 fully saturated rings. The monoisotopic (exact) mass is 399 g/mol. The number of methoxy groups -OCH3 is 1. The molecule has 1 heterocycles. The number of hydrogen-bond acceptors (Lipinski definition) is 4. The van der Waals surface area contributed by atoms with Crippen molar-refractivity contribution in [3.8, 4) is 5.75 Å². The maximum absolute atomic E-state index is 6.38. The van der Waals surface area contributed by atoms with E-state index in [0.29, 0.717) is 11.1 Å². The van der Waals surface area contributed by atoms with Crippen LogP contribution in [0.2, 0.25) is 5.02 Å². The molecule has 1 N–H and O–H groups in total. The van der Waals surface area contributed by atoms with Gasteiger partial charge in [-0.2, -0.15) is 0 Å². The highest BCUT2D eigenvalue weighted by atomic mass is 35.5. The average Bonchev–Trinajstić information content (AvgIpc) is 2.69. The summed E-state index contributed by atoms with van der Waals surface area (Å²) < 4.78 is 5.36. The summed E-state index contributed by atoms with van der Waals surface area (Å²) in [6.07, 6.45) is 2.28. The number of benzene rings is 2. The highest BCUT2D eigenvalue weighted by Crippen LogP contribution is 2.31. The van der Waals surface area contributed by atoms with Crippen molar-refractivity contribution in [3.05, 3.63) is 41.4 Å². The minimum absolute atomic E-state index is 0.359. The minimum atomic E-state index is 0.359. The number of anilines is 1. The lowest BCUT2D eigenvalue weighted by Crippen LogP contribution is -2.25. The molecule has 3 rings (SSSR count). The molecule has 0 saturated heterocycles. The molecule has 0 bridgehead atoms. The lowest BCUT2D eigenvalue weighted by atomic mass is 10.1. The summed E-state index contributed by atoms with van der Waals surface area (Å²) in [5, 5.41) is 6.50. The SMILES string of the molecule is CCN(CC)CCCC(C)Nc1cc(Cl)cc2nc3ccc(OC)cc3cc12. The van der Waals surface area contributed by atoms with Crippen LogP contribution in [-0.4, -0.2) is 42.7 Å². The molecule has 0 aliphatic carbocycles. The van der Waals surface area contributed by atoms with Gasteiger partial charge >= 0.3 is 0 Å². The van der Waals surface area contributed by atoms with Crippen molar-refractivity contribution < 1.29 is 4.74 Å². The van der Waals surface area contributed by atoms with Crippen LogP contribution < -0.4 is 10.1 Å². The molecule has 0 aliphatic rings. The number of pyridine rings is 1. The molecule has 0 spiro atoms. The number of nitrogens with one attached hydrogen (secondary N) is 1. The van der Waals surface area contributed by atoms with Crippen LogP contribution in [0.3, 0.4) is 0 Å². The fourth-order valence-electron chi connectivity index (χ4n) is 3.63. The Morgan fingerprint density at radius 1 is 1.11 bits per heavy atom. The fraction of sp³-hybridized carbons (Fsp3) is 0.435. The molecular formula is C23H30ClN3O. The third kappa shape index (κ3) is 4.86. The molecule has 4 nitrogen and oxygen atoms in total. The van der Waals surface area contributed by atoms with Gasteiger partial charge in [-0.15, -0.1) is 0 Å². The second-order valence-electron chi connectivity index (χ2n) is 7.28. The van der Waals surface area contributed by atoms with Crippen molar-refractivity contribution in [1.82, 2.24) is 9.88 Å². The molecule has 0 saturated carbocycles. The van der Waals surface area contributed by atoms with E-state index in [0.717, 1.165) is 59.3 Å². The van der Waals surface area contributed by atoms with Crippen molar-refractivity contribution in [2.24, 2.45) is 0 Å². The highest BCUT2D eigenvalue weighted by molar-refractivity contribution is 6.32. The van der Waals surface area contributed by atoms with Gasteiger partial charge in [0, 0.05) is 27.5 Å². The van der Waals surface area contributed by atoms with Crippen molar-refractivity contribution in [1.29, 1.82) is 0 Å². The highest BCUT2D eigenvalue weighted by Gasteiger charge is 2.11. The molecule has 3 aromatic rings. The van der Waals surface area contributed by atoms with E-state index in [4.69, 9.17) is 21.3 Å². The summed E-state index contributed by atoms with van der Waals surface area (Å²) in [6, 6.07) is 12.4. The van der Waals surface area contributed by atoms with Crippen LogP contribution in [0, 0.1) is 0 Å². The first-order valence-electron chi connectivity index (χ1n) is 10.1. The molecule has 1 aromatic heterocycles. The lowest BCUT2D eigenvalue weighted by molar-refractivity contribution is 0.295. The number of aromatic nitrogens is 1. The second kappa shape index (κ2) is 9.44. The van der Waals surface area contributed by atoms with E-state index in [1.807, 2.05) is 30.3 Å². The molecule has 0 aliphatic heterocycles. The Morgan fingerprint density at radius 2 is 1.89 bits per heavy atom. The first-order valence-corrected chi connectivity index (χ1v) is 10.5. The van der Waals surface area contributed by atoms with Gasteiger partial charge in [0.25, 0.3) is 0 Å². The van der Waals surface area contributed by atoms with Gasteiger partial charge in [0.15, 0.2) is 0 Å². The topological polar surface area (TPSA) is 37.4 Å². The van der Waals surface area contributed by atoms with Crippen LogP contribution in [0.15, 0.2) is 36.4 Å². The minimum Gasteiger partial charge on any atom is -0.497 e. The Morgan fingerprint density at radius 3 is 2.61 bits per heavy atom. The third-order valence-electron chi connectivity index (χ3n) is 5.31. The summed E-state index contributed by atoms with van der Waals surface area (Å²) in [5.41, 5.74) is 2.88. The Hall–Kier alpha value is -2.04. The van der Waals surface area contributed by atoms with Crippen molar-refractivity contribution >= 4 is 39.1 Å². The third-order valence-corrected chi connectivity index (χ3v) is 5.52. The van der Waals surface area contributed by atoms with Crippen molar-refractivity contribution in [2.75, 3.05) is 32.1 Å². The zero-order valence-corrected chi connectivity index (χ0v) is 18.0. The van der Waals surface area contributed by atoms with Gasteiger partial charge < -0.3 is 15.0 Å². The van der Waals surface area contributed by atoms with E-state index in [1.54, 1.807) is 7.11 Å². The Bertz CT molecular complexity index is 940. The van der Waals surface area contributed by atoms with Gasteiger partial charge in [0.05, 0.1) is 18.1 Å². The molecule has 5 heteroatoms. The second-order valence-corrected chi connectivity index (χ2v) is 7.72. The fourth-order valence-corrected chi connectivity index (χ4v) is 3.84. The maximum atomic E-state index is 6.38. The summed E-state index contributed by atoms with van der Waals surface area (Å²) >= 11 is 6.38. The first kappa shape index (κ1) is 20.7. The molecule has 2 aromatic carbocycles. The van der Waals surface area contributed by atoms with E-state index >= 15 is 0 Å². The molecule has 1 atom stereocenters. The lowest BCUT2D eigenvalue weighted by Gasteiger charge is -2.21. The van der Waals surface area contributed by atoms with Crippen LogP contribution in [0.1, 0.15) is 33.6 Å². The number of fused-ring (bicyclic) bond motifs is 2. The Balaban J connectivity index is 1.84. The summed E-state index contributed by atoms with van der Waals surface area (Å²) in [4.78, 5) is 7.27. The summed E-state index contributed by atoms with van der Waals surface area (Å²) in [5.74, 6) is 0.835. The standard InChI is InChI=1S/C23H30ClN3O/c1-5-27(6-2)11-7-8-16(3)25-22-14-18(24)15-23-20(22)13-17-12-19(28-4)9-10-21(17)26-23/h9-10,12-16,25H,5-8,11H2,1-4H3. The molecular weight excluding hydrogens is 370 g/mol. The number of hydrogen-bond donors (Lipinski definition) is 1. The quantitative estimate of drug-likeness (QED) is 0.449. The van der Waals surface area contributed by atoms with Gasteiger partial charge in [0.2, 0.25) is 0 Å². The van der Waals surface area contributed by atoms with Crippen LogP contribution in [0.4, 0.5) is 5.69 Å². The molecule has 0 radical (unpaired) electrons. The first-order chi connectivity index (χ1) is 13.5. The van der Waals surface area contributed by atoms with E-state index in [9.17, 15) is 0 Å². The van der Waals surface area contributed by atoms with E-state index < -0.39 is 0 Å². The van der Waals surface area contributed by atoms with E-state index in [-0.39, 0.29) is 0 Å². The summed E-state index contributed by atoms with van der Waals surface area (Å²) in [6.45, 7) is 10.0. The smallest absolute Gasteiger partial charge is 0.119 e. The van der Waals surface area contributed by atoms with E-state index in [1.165, 1.54) is 6.42 Å². The summed E-state index contributed by atoms with van der Waals surface area (Å²) in [7, 11) is 1.68. The number of ether oxygens (including phenoxy) is 1. The molecule has 28 heavy (non-hydrogen) atoms. The predicted octanol–water partition coefficient (Wildman–Crippen LogP) is 5.97. The number of nitrogens with zero attached hydrogens (tertiary/aromatic N) is 2. The van der Waals surface area contributed by atoms with Gasteiger partial charge in [-0.3, -0.25) is 0 Å². The van der Waals surface area contributed by atoms with Crippen LogP contribution in [0.5, 0.6) is 5.75 Å². The number of rotatable bonds is 9. The van der Waals surface area contributed by atoms with Gasteiger partial charge in [-0.1, -0.05) is 25.4 Å². The molecule has 0 amide bonds. The van der Waals surface area contributed by atoms with Crippen molar-refractivity contribution in [2.45, 2.75) is 39.7 Å². The predicted molar refractivity (Wildman–Crippen MR) is 121 cm³/mol. The maximum Gasteiger partial charge on any atom is 0.119 e. The zero-order valence-electron chi connectivity index (χ0n) is 17.3. The van der Waals surface area contributed by atoms with Crippen LogP contribution >= 0.6 is 11.6 Å². The zero-order chi connectivity index (χ0) is 20.1. The van der Waals surface area contributed by atoms with Gasteiger partial charge in [0.1, 0.15) is 5.75 Å². The molecule has 1 unspecified atom stereocenters. The van der Waals surface area contributed by atoms with Crippen molar-refractivity contribution in [3.63, 3.8) is 0 Å². The van der Waals surface area contributed by atoms with E-state index in [2.05, 4.69) is 37.1 Å². The Kier molecular flexibility index (Phi) is 6.97. The average molecular weight is 400 g/mol. The number of halogens is 1. The normalized spacial score (nSPS) is 12.6.